The van der Waals surface area contributed by atoms with Gasteiger partial charge in [0.1, 0.15) is 17.1 Å². The summed E-state index contributed by atoms with van der Waals surface area (Å²) in [4.78, 5) is 14.5. The third-order valence-corrected chi connectivity index (χ3v) is 5.46. The van der Waals surface area contributed by atoms with Gasteiger partial charge >= 0.3 is 0 Å². The van der Waals surface area contributed by atoms with E-state index in [-0.39, 0.29) is 5.91 Å². The van der Waals surface area contributed by atoms with Gasteiger partial charge in [-0.1, -0.05) is 12.1 Å². The summed E-state index contributed by atoms with van der Waals surface area (Å²) in [6.45, 7) is 3.62. The molecular weight excluding hydrogens is 366 g/mol. The Labute approximate surface area is 170 Å². The number of ether oxygens (including phenoxy) is 2. The lowest BCUT2D eigenvalue weighted by Gasteiger charge is -2.14. The minimum atomic E-state index is 0.0577. The molecule has 29 heavy (non-hydrogen) atoms. The molecule has 2 aromatic carbocycles. The molecule has 1 aliphatic rings. The number of furan rings is 1. The van der Waals surface area contributed by atoms with E-state index < -0.39 is 0 Å². The molecule has 0 N–H and O–H groups in total. The standard InChI is InChI=1S/C24H25NO4/c1-16(11-24(26)25-9-4-5-10-25)19-13-20-21(15-29-23(20)14-22(19)28-3)17-7-6-8-18(12-17)27-2/h6-8,11-15H,4-5,9-10H2,1-3H3/b16-11+. The molecule has 0 saturated carbocycles. The van der Waals surface area contributed by atoms with Crippen molar-refractivity contribution in [3.8, 4) is 22.6 Å². The number of amides is 1. The molecule has 0 spiro atoms. The molecule has 1 saturated heterocycles. The van der Waals surface area contributed by atoms with Crippen molar-refractivity contribution in [2.24, 2.45) is 0 Å². The Balaban J connectivity index is 1.78. The number of methoxy groups -OCH3 is 2. The smallest absolute Gasteiger partial charge is 0.246 e. The molecule has 150 valence electrons. The third-order valence-electron chi connectivity index (χ3n) is 5.46. The first kappa shape index (κ1) is 19.1. The summed E-state index contributed by atoms with van der Waals surface area (Å²) in [5, 5.41) is 0.968. The fourth-order valence-corrected chi connectivity index (χ4v) is 3.84. The van der Waals surface area contributed by atoms with Crippen LogP contribution in [0.3, 0.4) is 0 Å². The fraction of sp³-hybridized carbons (Fsp3) is 0.292. The fourth-order valence-electron chi connectivity index (χ4n) is 3.84. The van der Waals surface area contributed by atoms with Crippen LogP contribution in [-0.4, -0.2) is 38.1 Å². The Morgan fingerprint density at radius 2 is 1.90 bits per heavy atom. The summed E-state index contributed by atoms with van der Waals surface area (Å²) in [5.41, 5.74) is 4.48. The molecule has 1 aromatic heterocycles. The summed E-state index contributed by atoms with van der Waals surface area (Å²) < 4.78 is 16.7. The molecule has 0 aliphatic carbocycles. The van der Waals surface area contributed by atoms with E-state index in [1.807, 2.05) is 48.2 Å². The molecule has 1 amide bonds. The van der Waals surface area contributed by atoms with E-state index in [4.69, 9.17) is 13.9 Å². The molecule has 1 fully saturated rings. The third kappa shape index (κ3) is 3.73. The molecule has 5 heteroatoms. The Morgan fingerprint density at radius 1 is 1.10 bits per heavy atom. The van der Waals surface area contributed by atoms with E-state index in [1.165, 1.54) is 0 Å². The van der Waals surface area contributed by atoms with Gasteiger partial charge in [0, 0.05) is 41.7 Å². The molecule has 0 unspecified atom stereocenters. The van der Waals surface area contributed by atoms with Crippen LogP contribution in [0.25, 0.3) is 27.7 Å². The van der Waals surface area contributed by atoms with E-state index in [9.17, 15) is 4.79 Å². The Kier molecular flexibility index (Phi) is 5.30. The van der Waals surface area contributed by atoms with Crippen molar-refractivity contribution in [1.29, 1.82) is 0 Å². The zero-order valence-electron chi connectivity index (χ0n) is 17.0. The van der Waals surface area contributed by atoms with Gasteiger partial charge in [-0.05, 0) is 49.1 Å². The minimum absolute atomic E-state index is 0.0577. The maximum absolute atomic E-state index is 12.6. The summed E-state index contributed by atoms with van der Waals surface area (Å²) >= 11 is 0. The van der Waals surface area contributed by atoms with Crippen LogP contribution in [0, 0.1) is 0 Å². The largest absolute Gasteiger partial charge is 0.497 e. The van der Waals surface area contributed by atoms with Crippen molar-refractivity contribution in [1.82, 2.24) is 4.90 Å². The van der Waals surface area contributed by atoms with Gasteiger partial charge in [-0.3, -0.25) is 4.79 Å². The molecule has 5 nitrogen and oxygen atoms in total. The van der Waals surface area contributed by atoms with Crippen LogP contribution in [0.1, 0.15) is 25.3 Å². The molecule has 0 bridgehead atoms. The predicted molar refractivity (Wildman–Crippen MR) is 114 cm³/mol. The first-order valence-corrected chi connectivity index (χ1v) is 9.82. The SMILES string of the molecule is COc1cccc(-c2coc3cc(OC)c(/C(C)=C/C(=O)N4CCCC4)cc23)c1. The average Bonchev–Trinajstić information content (AvgIpc) is 3.42. The van der Waals surface area contributed by atoms with Crippen LogP contribution in [0.2, 0.25) is 0 Å². The van der Waals surface area contributed by atoms with E-state index in [0.29, 0.717) is 5.75 Å². The van der Waals surface area contributed by atoms with Crippen LogP contribution in [-0.2, 0) is 4.79 Å². The lowest BCUT2D eigenvalue weighted by molar-refractivity contribution is -0.124. The van der Waals surface area contributed by atoms with Gasteiger partial charge < -0.3 is 18.8 Å². The number of carbonyl (C=O) groups excluding carboxylic acids is 1. The lowest BCUT2D eigenvalue weighted by atomic mass is 9.99. The zero-order chi connectivity index (χ0) is 20.4. The second kappa shape index (κ2) is 8.03. The van der Waals surface area contributed by atoms with Crippen LogP contribution >= 0.6 is 0 Å². The van der Waals surface area contributed by atoms with Gasteiger partial charge in [-0.2, -0.15) is 0 Å². The molecule has 0 radical (unpaired) electrons. The van der Waals surface area contributed by atoms with Crippen LogP contribution in [0.15, 0.2) is 53.2 Å². The average molecular weight is 391 g/mol. The molecule has 1 aliphatic heterocycles. The first-order valence-electron chi connectivity index (χ1n) is 9.82. The highest BCUT2D eigenvalue weighted by Crippen LogP contribution is 2.38. The number of carbonyl (C=O) groups is 1. The van der Waals surface area contributed by atoms with E-state index in [2.05, 4.69) is 0 Å². The Hall–Kier alpha value is -3.21. The van der Waals surface area contributed by atoms with E-state index in [1.54, 1.807) is 26.6 Å². The van der Waals surface area contributed by atoms with Gasteiger partial charge in [0.25, 0.3) is 0 Å². The topological polar surface area (TPSA) is 51.9 Å². The van der Waals surface area contributed by atoms with Gasteiger partial charge in [0.05, 0.1) is 20.5 Å². The zero-order valence-corrected chi connectivity index (χ0v) is 17.0. The maximum atomic E-state index is 12.6. The van der Waals surface area contributed by atoms with Gasteiger partial charge in [-0.15, -0.1) is 0 Å². The second-order valence-corrected chi connectivity index (χ2v) is 7.29. The molecule has 2 heterocycles. The van der Waals surface area contributed by atoms with Crippen LogP contribution < -0.4 is 9.47 Å². The normalized spacial score (nSPS) is 14.4. The summed E-state index contributed by atoms with van der Waals surface area (Å²) in [5.74, 6) is 1.53. The van der Waals surface area contributed by atoms with Crippen LogP contribution in [0.5, 0.6) is 11.5 Å². The Morgan fingerprint density at radius 3 is 2.62 bits per heavy atom. The first-order chi connectivity index (χ1) is 14.1. The second-order valence-electron chi connectivity index (χ2n) is 7.29. The van der Waals surface area contributed by atoms with Gasteiger partial charge in [0.15, 0.2) is 0 Å². The van der Waals surface area contributed by atoms with E-state index >= 15 is 0 Å². The summed E-state index contributed by atoms with van der Waals surface area (Å²) in [6, 6.07) is 11.8. The number of fused-ring (bicyclic) bond motifs is 1. The molecule has 4 rings (SSSR count). The number of allylic oxidation sites excluding steroid dienone is 1. The van der Waals surface area contributed by atoms with Crippen LogP contribution in [0.4, 0.5) is 0 Å². The molecule has 3 aromatic rings. The van der Waals surface area contributed by atoms with Crippen molar-refractivity contribution in [3.63, 3.8) is 0 Å². The maximum Gasteiger partial charge on any atom is 0.246 e. The monoisotopic (exact) mass is 391 g/mol. The summed E-state index contributed by atoms with van der Waals surface area (Å²) in [7, 11) is 3.28. The number of hydrogen-bond acceptors (Lipinski definition) is 4. The quantitative estimate of drug-likeness (QED) is 0.565. The number of nitrogens with zero attached hydrogens (tertiary/aromatic N) is 1. The highest BCUT2D eigenvalue weighted by Gasteiger charge is 2.18. The minimum Gasteiger partial charge on any atom is -0.497 e. The van der Waals surface area contributed by atoms with Crippen molar-refractivity contribution in [3.05, 3.63) is 54.3 Å². The Bertz CT molecular complexity index is 1070. The van der Waals surface area contributed by atoms with Crippen molar-refractivity contribution in [2.45, 2.75) is 19.8 Å². The predicted octanol–water partition coefficient (Wildman–Crippen LogP) is 5.14. The van der Waals surface area contributed by atoms with Crippen molar-refractivity contribution < 1.29 is 18.7 Å². The van der Waals surface area contributed by atoms with Gasteiger partial charge in [0.2, 0.25) is 5.91 Å². The lowest BCUT2D eigenvalue weighted by Crippen LogP contribution is -2.25. The highest BCUT2D eigenvalue weighted by atomic mass is 16.5. The number of rotatable bonds is 5. The number of hydrogen-bond donors (Lipinski definition) is 0. The van der Waals surface area contributed by atoms with Crippen molar-refractivity contribution in [2.75, 3.05) is 27.3 Å². The highest BCUT2D eigenvalue weighted by molar-refractivity contribution is 6.00. The van der Waals surface area contributed by atoms with E-state index in [0.717, 1.165) is 64.9 Å². The molecule has 0 atom stereocenters. The molecular formula is C24H25NO4. The van der Waals surface area contributed by atoms with Crippen molar-refractivity contribution >= 4 is 22.4 Å². The van der Waals surface area contributed by atoms with Gasteiger partial charge in [-0.25, -0.2) is 0 Å². The summed E-state index contributed by atoms with van der Waals surface area (Å²) in [6.07, 6.45) is 5.61. The number of likely N-dealkylation sites (tertiary alicyclic amines) is 1. The number of benzene rings is 2.